The number of para-hydroxylation sites is 1. The first kappa shape index (κ1) is 23.6. The Hall–Kier alpha value is -3.11. The molecule has 1 aliphatic heterocycles. The van der Waals surface area contributed by atoms with Crippen molar-refractivity contribution in [2.75, 3.05) is 24.6 Å². The van der Waals surface area contributed by atoms with E-state index in [0.29, 0.717) is 34.7 Å². The molecule has 0 unspecified atom stereocenters. The molecule has 0 aliphatic carbocycles. The molecule has 2 amide bonds. The molecule has 2 heterocycles. The summed E-state index contributed by atoms with van der Waals surface area (Å²) < 4.78 is 10.5. The van der Waals surface area contributed by atoms with Gasteiger partial charge in [0.15, 0.2) is 23.9 Å². The summed E-state index contributed by atoms with van der Waals surface area (Å²) in [7, 11) is 0. The Morgan fingerprint density at radius 2 is 1.75 bits per heavy atom. The van der Waals surface area contributed by atoms with Crippen LogP contribution in [0.5, 0.6) is 5.75 Å². The number of aromatic nitrogens is 2. The molecular weight excluding hydrogens is 461 g/mol. The number of piperidine rings is 1. The number of benzene rings is 1. The second-order valence-corrected chi connectivity index (χ2v) is 7.73. The highest BCUT2D eigenvalue weighted by Crippen LogP contribution is 2.34. The summed E-state index contributed by atoms with van der Waals surface area (Å²) in [6.45, 7) is 2.04. The number of rotatable bonds is 6. The number of carbonyl (C=O) groups is 3. The molecule has 32 heavy (non-hydrogen) atoms. The smallest absolute Gasteiger partial charge is 0.303 e. The van der Waals surface area contributed by atoms with Crippen LogP contribution in [0.3, 0.4) is 0 Å². The van der Waals surface area contributed by atoms with E-state index >= 15 is 0 Å². The number of hydrazine groups is 1. The molecule has 2 aromatic rings. The molecule has 1 saturated heterocycles. The quantitative estimate of drug-likeness (QED) is 0.475. The van der Waals surface area contributed by atoms with Gasteiger partial charge in [0.2, 0.25) is 0 Å². The molecular formula is C20H21Cl2N5O5. The minimum atomic E-state index is -0.679. The van der Waals surface area contributed by atoms with E-state index in [1.807, 2.05) is 4.90 Å². The van der Waals surface area contributed by atoms with Gasteiger partial charge in [-0.1, -0.05) is 29.3 Å². The van der Waals surface area contributed by atoms with E-state index in [9.17, 15) is 14.4 Å². The van der Waals surface area contributed by atoms with E-state index in [4.69, 9.17) is 27.9 Å². The molecule has 170 valence electrons. The molecule has 10 nitrogen and oxygen atoms in total. The molecule has 1 aliphatic rings. The second-order valence-electron chi connectivity index (χ2n) is 6.91. The van der Waals surface area contributed by atoms with Gasteiger partial charge in [0.25, 0.3) is 11.8 Å². The van der Waals surface area contributed by atoms with Gasteiger partial charge in [0, 0.05) is 32.9 Å². The Morgan fingerprint density at radius 3 is 2.34 bits per heavy atom. The molecule has 1 aromatic carbocycles. The topological polar surface area (TPSA) is 123 Å². The Kier molecular flexibility index (Phi) is 8.07. The lowest BCUT2D eigenvalue weighted by atomic mass is 10.1. The van der Waals surface area contributed by atoms with Crippen LogP contribution < -0.4 is 20.5 Å². The number of hydrogen-bond donors (Lipinski definition) is 2. The van der Waals surface area contributed by atoms with Gasteiger partial charge in [-0.25, -0.2) is 0 Å². The van der Waals surface area contributed by atoms with Crippen LogP contribution in [0.4, 0.5) is 5.82 Å². The summed E-state index contributed by atoms with van der Waals surface area (Å²) in [6.07, 6.45) is 1.44. The number of anilines is 1. The highest BCUT2D eigenvalue weighted by Gasteiger charge is 2.23. The van der Waals surface area contributed by atoms with Gasteiger partial charge in [-0.2, -0.15) is 0 Å². The summed E-state index contributed by atoms with van der Waals surface area (Å²) in [6, 6.07) is 8.41. The van der Waals surface area contributed by atoms with Crippen LogP contribution >= 0.6 is 23.2 Å². The van der Waals surface area contributed by atoms with Crippen molar-refractivity contribution in [1.29, 1.82) is 0 Å². The molecule has 0 saturated carbocycles. The SMILES string of the molecule is CC(=O)OCC(=O)NNC(=O)c1ccc(N2CCC(Oc3c(Cl)cccc3Cl)CC2)nn1. The van der Waals surface area contributed by atoms with Gasteiger partial charge < -0.3 is 14.4 Å². The maximum absolute atomic E-state index is 12.1. The van der Waals surface area contributed by atoms with Crippen LogP contribution in [-0.2, 0) is 14.3 Å². The van der Waals surface area contributed by atoms with Gasteiger partial charge in [-0.15, -0.1) is 10.2 Å². The number of ether oxygens (including phenoxy) is 2. The van der Waals surface area contributed by atoms with Crippen molar-refractivity contribution >= 4 is 46.8 Å². The number of esters is 1. The fourth-order valence-electron chi connectivity index (χ4n) is 2.97. The Morgan fingerprint density at radius 1 is 1.06 bits per heavy atom. The van der Waals surface area contributed by atoms with Crippen LogP contribution in [0.1, 0.15) is 30.3 Å². The fraction of sp³-hybridized carbons (Fsp3) is 0.350. The van der Waals surface area contributed by atoms with E-state index in [0.717, 1.165) is 12.8 Å². The summed E-state index contributed by atoms with van der Waals surface area (Å²) in [4.78, 5) is 36.2. The molecule has 1 aromatic heterocycles. The standard InChI is InChI=1S/C20H21Cl2N5O5/c1-12(28)31-11-18(29)25-26-20(30)16-5-6-17(24-23-16)27-9-7-13(8-10-27)32-19-14(21)3-2-4-15(19)22/h2-6,13H,7-11H2,1H3,(H,25,29)(H,26,30). The van der Waals surface area contributed by atoms with Crippen molar-refractivity contribution in [2.24, 2.45) is 0 Å². The second kappa shape index (κ2) is 11.0. The average molecular weight is 482 g/mol. The van der Waals surface area contributed by atoms with Crippen LogP contribution in [0.2, 0.25) is 10.0 Å². The van der Waals surface area contributed by atoms with E-state index in [2.05, 4.69) is 25.8 Å². The van der Waals surface area contributed by atoms with Crippen LogP contribution in [0.25, 0.3) is 0 Å². The maximum Gasteiger partial charge on any atom is 0.303 e. The Bertz CT molecular complexity index is 961. The third kappa shape index (κ3) is 6.44. The van der Waals surface area contributed by atoms with Crippen molar-refractivity contribution in [3.63, 3.8) is 0 Å². The van der Waals surface area contributed by atoms with E-state index in [1.54, 1.807) is 24.3 Å². The Balaban J connectivity index is 1.48. The monoisotopic (exact) mass is 481 g/mol. The molecule has 1 fully saturated rings. The van der Waals surface area contributed by atoms with Crippen LogP contribution in [0, 0.1) is 0 Å². The number of nitrogens with one attached hydrogen (secondary N) is 2. The van der Waals surface area contributed by atoms with Crippen LogP contribution in [0.15, 0.2) is 30.3 Å². The number of hydrogen-bond acceptors (Lipinski definition) is 8. The van der Waals surface area contributed by atoms with Gasteiger partial charge in [0.1, 0.15) is 6.10 Å². The average Bonchev–Trinajstić information content (AvgIpc) is 2.79. The van der Waals surface area contributed by atoms with Crippen molar-refractivity contribution in [3.05, 3.63) is 46.1 Å². The largest absolute Gasteiger partial charge is 0.487 e. The van der Waals surface area contributed by atoms with Crippen molar-refractivity contribution in [1.82, 2.24) is 21.0 Å². The molecule has 0 bridgehead atoms. The minimum absolute atomic E-state index is 0.0214. The van der Waals surface area contributed by atoms with Crippen molar-refractivity contribution in [3.8, 4) is 5.75 Å². The third-order valence-electron chi connectivity index (χ3n) is 4.57. The first-order chi connectivity index (χ1) is 15.3. The summed E-state index contributed by atoms with van der Waals surface area (Å²) in [5.41, 5.74) is 4.32. The van der Waals surface area contributed by atoms with Gasteiger partial charge in [0.05, 0.1) is 10.0 Å². The lowest BCUT2D eigenvalue weighted by molar-refractivity contribution is -0.146. The van der Waals surface area contributed by atoms with Gasteiger partial charge in [-0.3, -0.25) is 25.2 Å². The molecule has 12 heteroatoms. The zero-order chi connectivity index (χ0) is 23.1. The predicted octanol–water partition coefficient (Wildman–Crippen LogP) is 2.16. The molecule has 3 rings (SSSR count). The lowest BCUT2D eigenvalue weighted by Gasteiger charge is -2.33. The zero-order valence-corrected chi connectivity index (χ0v) is 18.7. The molecule has 0 spiro atoms. The number of nitrogens with zero attached hydrogens (tertiary/aromatic N) is 3. The predicted molar refractivity (Wildman–Crippen MR) is 117 cm³/mol. The highest BCUT2D eigenvalue weighted by atomic mass is 35.5. The first-order valence-electron chi connectivity index (χ1n) is 9.75. The maximum atomic E-state index is 12.1. The fourth-order valence-corrected chi connectivity index (χ4v) is 3.46. The molecule has 0 radical (unpaired) electrons. The number of halogens is 2. The molecule has 0 atom stereocenters. The molecule has 2 N–H and O–H groups in total. The van der Waals surface area contributed by atoms with Gasteiger partial charge in [-0.05, 0) is 24.3 Å². The highest BCUT2D eigenvalue weighted by molar-refractivity contribution is 6.37. The van der Waals surface area contributed by atoms with E-state index in [-0.39, 0.29) is 11.8 Å². The zero-order valence-electron chi connectivity index (χ0n) is 17.1. The summed E-state index contributed by atoms with van der Waals surface area (Å²) >= 11 is 12.3. The summed E-state index contributed by atoms with van der Waals surface area (Å²) in [5, 5.41) is 8.96. The minimum Gasteiger partial charge on any atom is -0.487 e. The Labute approximate surface area is 194 Å². The van der Waals surface area contributed by atoms with Crippen LogP contribution in [-0.4, -0.2) is 53.8 Å². The number of amides is 2. The normalized spacial score (nSPS) is 13.9. The van der Waals surface area contributed by atoms with Gasteiger partial charge >= 0.3 is 5.97 Å². The van der Waals surface area contributed by atoms with E-state index < -0.39 is 24.4 Å². The van der Waals surface area contributed by atoms with Crippen molar-refractivity contribution < 1.29 is 23.9 Å². The van der Waals surface area contributed by atoms with E-state index in [1.165, 1.54) is 13.0 Å². The number of carbonyl (C=O) groups excluding carboxylic acids is 3. The third-order valence-corrected chi connectivity index (χ3v) is 5.17. The first-order valence-corrected chi connectivity index (χ1v) is 10.5. The lowest BCUT2D eigenvalue weighted by Crippen LogP contribution is -2.44. The van der Waals surface area contributed by atoms with Crippen molar-refractivity contribution in [2.45, 2.75) is 25.9 Å². The summed E-state index contributed by atoms with van der Waals surface area (Å²) in [5.74, 6) is -0.819.